The van der Waals surface area contributed by atoms with Gasteiger partial charge in [0, 0.05) is 12.1 Å². The van der Waals surface area contributed by atoms with Crippen LogP contribution in [0.2, 0.25) is 0 Å². The van der Waals surface area contributed by atoms with Gasteiger partial charge >= 0.3 is 0 Å². The van der Waals surface area contributed by atoms with Gasteiger partial charge in [-0.15, -0.1) is 0 Å². The summed E-state index contributed by atoms with van der Waals surface area (Å²) in [5.74, 6) is -2.04. The lowest BCUT2D eigenvalue weighted by Crippen LogP contribution is -2.54. The third-order valence-corrected chi connectivity index (χ3v) is 4.28. The van der Waals surface area contributed by atoms with E-state index in [0.29, 0.717) is 0 Å². The quantitative estimate of drug-likeness (QED) is 0.839. The second-order valence-electron chi connectivity index (χ2n) is 5.98. The zero-order chi connectivity index (χ0) is 15.5. The number of amides is 1. The molecule has 1 aromatic carbocycles. The zero-order valence-electron chi connectivity index (χ0n) is 12.3. The lowest BCUT2D eigenvalue weighted by atomic mass is 9.89. The Morgan fingerprint density at radius 3 is 2.14 bits per heavy atom. The SMILES string of the molecule is CC(NC1CCCCCC1)(C(N)=O)c1cc(F)cc(F)c1. The van der Waals surface area contributed by atoms with Crippen LogP contribution in [0.3, 0.4) is 0 Å². The number of hydrogen-bond donors (Lipinski definition) is 2. The second kappa shape index (κ2) is 6.52. The number of carbonyl (C=O) groups excluding carboxylic acids is 1. The largest absolute Gasteiger partial charge is 0.368 e. The molecule has 0 radical (unpaired) electrons. The molecule has 0 aromatic heterocycles. The molecular weight excluding hydrogens is 274 g/mol. The van der Waals surface area contributed by atoms with Crippen LogP contribution >= 0.6 is 0 Å². The number of hydrogen-bond acceptors (Lipinski definition) is 2. The van der Waals surface area contributed by atoms with Crippen molar-refractivity contribution in [3.8, 4) is 0 Å². The molecule has 1 aliphatic carbocycles. The summed E-state index contributed by atoms with van der Waals surface area (Å²) in [5.41, 5.74) is 4.48. The van der Waals surface area contributed by atoms with E-state index in [1.807, 2.05) is 0 Å². The molecule has 0 spiro atoms. The van der Waals surface area contributed by atoms with Crippen LogP contribution in [0.5, 0.6) is 0 Å². The molecule has 0 heterocycles. The van der Waals surface area contributed by atoms with Crippen molar-refractivity contribution in [3.05, 3.63) is 35.4 Å². The number of nitrogens with one attached hydrogen (secondary N) is 1. The molecule has 2 rings (SSSR count). The fraction of sp³-hybridized carbons (Fsp3) is 0.562. The van der Waals surface area contributed by atoms with Gasteiger partial charge in [-0.3, -0.25) is 10.1 Å². The molecule has 1 saturated carbocycles. The molecule has 0 aliphatic heterocycles. The third-order valence-electron chi connectivity index (χ3n) is 4.28. The van der Waals surface area contributed by atoms with E-state index in [2.05, 4.69) is 5.32 Å². The van der Waals surface area contributed by atoms with Gasteiger partial charge in [-0.05, 0) is 37.5 Å². The number of rotatable bonds is 4. The van der Waals surface area contributed by atoms with E-state index >= 15 is 0 Å². The molecule has 1 fully saturated rings. The van der Waals surface area contributed by atoms with Crippen LogP contribution < -0.4 is 11.1 Å². The summed E-state index contributed by atoms with van der Waals surface area (Å²) in [7, 11) is 0. The minimum Gasteiger partial charge on any atom is -0.368 e. The molecule has 3 N–H and O–H groups in total. The van der Waals surface area contributed by atoms with Gasteiger partial charge in [0.05, 0.1) is 0 Å². The first-order valence-electron chi connectivity index (χ1n) is 7.46. The van der Waals surface area contributed by atoms with Gasteiger partial charge in [0.1, 0.15) is 17.2 Å². The van der Waals surface area contributed by atoms with Crippen molar-refractivity contribution in [1.29, 1.82) is 0 Å². The minimum absolute atomic E-state index is 0.135. The van der Waals surface area contributed by atoms with Crippen LogP contribution in [0.1, 0.15) is 51.0 Å². The third kappa shape index (κ3) is 3.79. The maximum Gasteiger partial charge on any atom is 0.242 e. The Morgan fingerprint density at radius 1 is 1.14 bits per heavy atom. The molecule has 1 aliphatic rings. The lowest BCUT2D eigenvalue weighted by molar-refractivity contribution is -0.124. The summed E-state index contributed by atoms with van der Waals surface area (Å²) in [4.78, 5) is 11.9. The highest BCUT2D eigenvalue weighted by Gasteiger charge is 2.36. The smallest absolute Gasteiger partial charge is 0.242 e. The summed E-state index contributed by atoms with van der Waals surface area (Å²) in [6.45, 7) is 1.59. The minimum atomic E-state index is -1.27. The number of halogens is 2. The predicted molar refractivity (Wildman–Crippen MR) is 77.5 cm³/mol. The second-order valence-corrected chi connectivity index (χ2v) is 5.98. The standard InChI is InChI=1S/C16H22F2N2O/c1-16(15(19)21,11-8-12(17)10-13(18)9-11)20-14-6-4-2-3-5-7-14/h8-10,14,20H,2-7H2,1H3,(H2,19,21). The van der Waals surface area contributed by atoms with Gasteiger partial charge in [-0.1, -0.05) is 25.7 Å². The van der Waals surface area contributed by atoms with Crippen LogP contribution in [0.25, 0.3) is 0 Å². The van der Waals surface area contributed by atoms with E-state index in [-0.39, 0.29) is 11.6 Å². The average Bonchev–Trinajstić information content (AvgIpc) is 2.65. The van der Waals surface area contributed by atoms with E-state index < -0.39 is 23.1 Å². The van der Waals surface area contributed by atoms with E-state index in [9.17, 15) is 13.6 Å². The summed E-state index contributed by atoms with van der Waals surface area (Å²) in [6, 6.07) is 3.25. The summed E-state index contributed by atoms with van der Waals surface area (Å²) >= 11 is 0. The van der Waals surface area contributed by atoms with Gasteiger partial charge in [0.15, 0.2) is 0 Å². The van der Waals surface area contributed by atoms with Crippen molar-refractivity contribution in [2.24, 2.45) is 5.73 Å². The Balaban J connectivity index is 2.28. The highest BCUT2D eigenvalue weighted by atomic mass is 19.1. The van der Waals surface area contributed by atoms with E-state index in [1.165, 1.54) is 12.8 Å². The van der Waals surface area contributed by atoms with Crippen molar-refractivity contribution in [1.82, 2.24) is 5.32 Å². The Labute approximate surface area is 123 Å². The summed E-state index contributed by atoms with van der Waals surface area (Å²) in [6.07, 6.45) is 6.43. The Bertz CT molecular complexity index is 493. The summed E-state index contributed by atoms with van der Waals surface area (Å²) < 4.78 is 26.9. The molecule has 1 unspecified atom stereocenters. The Morgan fingerprint density at radius 2 is 1.67 bits per heavy atom. The Kier molecular flexibility index (Phi) is 4.93. The predicted octanol–water partition coefficient (Wildman–Crippen LogP) is 2.98. The Hall–Kier alpha value is -1.49. The fourth-order valence-corrected chi connectivity index (χ4v) is 2.97. The molecule has 1 amide bonds. The molecule has 1 atom stereocenters. The van der Waals surface area contributed by atoms with Gasteiger partial charge < -0.3 is 5.73 Å². The number of benzene rings is 1. The van der Waals surface area contributed by atoms with Crippen molar-refractivity contribution >= 4 is 5.91 Å². The van der Waals surface area contributed by atoms with Crippen LogP contribution in [-0.2, 0) is 10.3 Å². The molecule has 21 heavy (non-hydrogen) atoms. The van der Waals surface area contributed by atoms with Crippen LogP contribution in [0.4, 0.5) is 8.78 Å². The molecule has 116 valence electrons. The van der Waals surface area contributed by atoms with Gasteiger partial charge in [0.25, 0.3) is 0 Å². The molecule has 0 saturated heterocycles. The molecule has 0 bridgehead atoms. The average molecular weight is 296 g/mol. The van der Waals surface area contributed by atoms with Crippen molar-refractivity contribution in [2.75, 3.05) is 0 Å². The first-order chi connectivity index (χ1) is 9.91. The van der Waals surface area contributed by atoms with Gasteiger partial charge in [-0.2, -0.15) is 0 Å². The topological polar surface area (TPSA) is 55.1 Å². The van der Waals surface area contributed by atoms with Gasteiger partial charge in [-0.25, -0.2) is 8.78 Å². The van der Waals surface area contributed by atoms with Crippen LogP contribution in [0.15, 0.2) is 18.2 Å². The van der Waals surface area contributed by atoms with E-state index in [1.54, 1.807) is 6.92 Å². The van der Waals surface area contributed by atoms with Crippen molar-refractivity contribution < 1.29 is 13.6 Å². The van der Waals surface area contributed by atoms with Crippen molar-refractivity contribution in [3.63, 3.8) is 0 Å². The number of primary amides is 1. The zero-order valence-corrected chi connectivity index (χ0v) is 12.3. The number of nitrogens with two attached hydrogens (primary N) is 1. The summed E-state index contributed by atoms with van der Waals surface area (Å²) in [5, 5.41) is 3.23. The van der Waals surface area contributed by atoms with E-state index in [4.69, 9.17) is 5.73 Å². The first kappa shape index (κ1) is 15.9. The van der Waals surface area contributed by atoms with E-state index in [0.717, 1.165) is 43.9 Å². The lowest BCUT2D eigenvalue weighted by Gasteiger charge is -2.33. The monoisotopic (exact) mass is 296 g/mol. The van der Waals surface area contributed by atoms with Crippen molar-refractivity contribution in [2.45, 2.75) is 57.0 Å². The molecular formula is C16H22F2N2O. The molecule has 3 nitrogen and oxygen atoms in total. The highest BCUT2D eigenvalue weighted by Crippen LogP contribution is 2.26. The maximum absolute atomic E-state index is 13.4. The van der Waals surface area contributed by atoms with Crippen LogP contribution in [-0.4, -0.2) is 11.9 Å². The normalized spacial score (nSPS) is 19.8. The maximum atomic E-state index is 13.4. The molecule has 5 heteroatoms. The highest BCUT2D eigenvalue weighted by molar-refractivity contribution is 5.85. The number of carbonyl (C=O) groups is 1. The van der Waals surface area contributed by atoms with Crippen LogP contribution in [0, 0.1) is 11.6 Å². The van der Waals surface area contributed by atoms with Gasteiger partial charge in [0.2, 0.25) is 5.91 Å². The fourth-order valence-electron chi connectivity index (χ4n) is 2.97. The molecule has 1 aromatic rings. The first-order valence-corrected chi connectivity index (χ1v) is 7.46.